The Morgan fingerprint density at radius 1 is 0.895 bits per heavy atom. The summed E-state index contributed by atoms with van der Waals surface area (Å²) in [6.45, 7) is 1.93. The van der Waals surface area contributed by atoms with Crippen molar-refractivity contribution in [3.63, 3.8) is 0 Å². The van der Waals surface area contributed by atoms with Crippen LogP contribution in [0.25, 0.3) is 11.1 Å². The fourth-order valence-electron chi connectivity index (χ4n) is 1.84. The number of benzene rings is 2. The van der Waals surface area contributed by atoms with Gasteiger partial charge in [-0.25, -0.2) is 9.59 Å². The molecule has 0 spiro atoms. The molecule has 0 aromatic heterocycles. The van der Waals surface area contributed by atoms with Crippen molar-refractivity contribution in [2.24, 2.45) is 0 Å². The molecule has 0 fully saturated rings. The van der Waals surface area contributed by atoms with Gasteiger partial charge in [0.1, 0.15) is 0 Å². The minimum Gasteiger partial charge on any atom is -0.478 e. The van der Waals surface area contributed by atoms with Crippen LogP contribution in [-0.4, -0.2) is 22.2 Å². The van der Waals surface area contributed by atoms with Crippen molar-refractivity contribution in [3.8, 4) is 11.1 Å². The van der Waals surface area contributed by atoms with Crippen molar-refractivity contribution in [2.75, 3.05) is 0 Å². The second-order valence-electron chi connectivity index (χ2n) is 4.24. The van der Waals surface area contributed by atoms with Crippen molar-refractivity contribution in [1.29, 1.82) is 0 Å². The molecule has 0 saturated heterocycles. The predicted octanol–water partition coefficient (Wildman–Crippen LogP) is 3.06. The molecule has 0 aliphatic rings. The zero-order chi connectivity index (χ0) is 14.0. The molecule has 0 unspecified atom stereocenters. The van der Waals surface area contributed by atoms with Gasteiger partial charge < -0.3 is 10.2 Å². The second kappa shape index (κ2) is 4.94. The van der Waals surface area contributed by atoms with Gasteiger partial charge in [-0.15, -0.1) is 0 Å². The van der Waals surface area contributed by atoms with E-state index in [1.807, 2.05) is 19.1 Å². The van der Waals surface area contributed by atoms with Gasteiger partial charge in [-0.05, 0) is 36.2 Å². The van der Waals surface area contributed by atoms with E-state index >= 15 is 0 Å². The number of carboxylic acids is 2. The first-order valence-electron chi connectivity index (χ1n) is 5.66. The first-order valence-corrected chi connectivity index (χ1v) is 5.66. The van der Waals surface area contributed by atoms with E-state index in [0.717, 1.165) is 5.56 Å². The molecule has 0 aliphatic carbocycles. The number of carbonyl (C=O) groups is 2. The smallest absolute Gasteiger partial charge is 0.336 e. The number of hydrogen-bond donors (Lipinski definition) is 2. The number of hydrogen-bond acceptors (Lipinski definition) is 2. The molecular formula is C15H12O4. The highest BCUT2D eigenvalue weighted by molar-refractivity contribution is 5.99. The van der Waals surface area contributed by atoms with Crippen LogP contribution in [0.5, 0.6) is 0 Å². The van der Waals surface area contributed by atoms with Gasteiger partial charge in [0.15, 0.2) is 0 Å². The summed E-state index contributed by atoms with van der Waals surface area (Å²) in [6.07, 6.45) is 0. The van der Waals surface area contributed by atoms with Gasteiger partial charge in [0.25, 0.3) is 0 Å². The molecule has 2 N–H and O–H groups in total. The molecule has 0 amide bonds. The van der Waals surface area contributed by atoms with Crippen molar-refractivity contribution in [2.45, 2.75) is 6.92 Å². The van der Waals surface area contributed by atoms with E-state index in [1.165, 1.54) is 18.2 Å². The van der Waals surface area contributed by atoms with E-state index in [4.69, 9.17) is 10.2 Å². The Morgan fingerprint density at radius 3 is 2.05 bits per heavy atom. The zero-order valence-corrected chi connectivity index (χ0v) is 10.3. The Kier molecular flexibility index (Phi) is 3.33. The highest BCUT2D eigenvalue weighted by Gasteiger charge is 2.14. The van der Waals surface area contributed by atoms with E-state index in [-0.39, 0.29) is 11.1 Å². The lowest BCUT2D eigenvalue weighted by Crippen LogP contribution is -2.03. The van der Waals surface area contributed by atoms with E-state index in [0.29, 0.717) is 11.1 Å². The van der Waals surface area contributed by atoms with Gasteiger partial charge >= 0.3 is 11.9 Å². The van der Waals surface area contributed by atoms with Gasteiger partial charge in [-0.1, -0.05) is 29.8 Å². The standard InChI is InChI=1S/C15H12O4/c1-9-2-4-10(5-3-9)13-8-11(14(16)17)6-7-12(13)15(18)19/h2-8H,1H3,(H,16,17)(H,18,19). The molecule has 0 aliphatic heterocycles. The van der Waals surface area contributed by atoms with Gasteiger partial charge in [0, 0.05) is 0 Å². The van der Waals surface area contributed by atoms with Crippen LogP contribution in [0.3, 0.4) is 0 Å². The van der Waals surface area contributed by atoms with E-state index in [2.05, 4.69) is 0 Å². The SMILES string of the molecule is Cc1ccc(-c2cc(C(=O)O)ccc2C(=O)O)cc1. The summed E-state index contributed by atoms with van der Waals surface area (Å²) < 4.78 is 0. The summed E-state index contributed by atoms with van der Waals surface area (Å²) in [4.78, 5) is 22.2. The van der Waals surface area contributed by atoms with E-state index in [1.54, 1.807) is 12.1 Å². The van der Waals surface area contributed by atoms with Crippen LogP contribution in [0, 0.1) is 6.92 Å². The lowest BCUT2D eigenvalue weighted by molar-refractivity contribution is 0.0682. The zero-order valence-electron chi connectivity index (χ0n) is 10.3. The molecule has 4 nitrogen and oxygen atoms in total. The fraction of sp³-hybridized carbons (Fsp3) is 0.0667. The van der Waals surface area contributed by atoms with Gasteiger partial charge in [0.2, 0.25) is 0 Å². The quantitative estimate of drug-likeness (QED) is 0.885. The normalized spacial score (nSPS) is 10.2. The highest BCUT2D eigenvalue weighted by Crippen LogP contribution is 2.25. The van der Waals surface area contributed by atoms with Gasteiger partial charge in [-0.2, -0.15) is 0 Å². The monoisotopic (exact) mass is 256 g/mol. The van der Waals surface area contributed by atoms with E-state index in [9.17, 15) is 9.59 Å². The molecule has 0 heterocycles. The van der Waals surface area contributed by atoms with Gasteiger partial charge in [-0.3, -0.25) is 0 Å². The van der Waals surface area contributed by atoms with Crippen LogP contribution in [0.1, 0.15) is 26.3 Å². The average Bonchev–Trinajstić information content (AvgIpc) is 2.38. The average molecular weight is 256 g/mol. The number of aromatic carboxylic acids is 2. The maximum Gasteiger partial charge on any atom is 0.336 e. The largest absolute Gasteiger partial charge is 0.478 e. The molecule has 19 heavy (non-hydrogen) atoms. The van der Waals surface area contributed by atoms with Crippen LogP contribution < -0.4 is 0 Å². The highest BCUT2D eigenvalue weighted by atomic mass is 16.4. The first kappa shape index (κ1) is 12.8. The summed E-state index contributed by atoms with van der Waals surface area (Å²) in [5.41, 5.74) is 2.31. The maximum atomic E-state index is 11.2. The number of rotatable bonds is 3. The third-order valence-corrected chi connectivity index (χ3v) is 2.86. The third-order valence-electron chi connectivity index (χ3n) is 2.86. The van der Waals surface area contributed by atoms with Crippen molar-refractivity contribution in [1.82, 2.24) is 0 Å². The lowest BCUT2D eigenvalue weighted by Gasteiger charge is -2.08. The topological polar surface area (TPSA) is 74.6 Å². The molecule has 0 saturated carbocycles. The Balaban J connectivity index is 2.64. The maximum absolute atomic E-state index is 11.2. The Bertz CT molecular complexity index is 642. The molecule has 0 atom stereocenters. The molecule has 2 rings (SSSR count). The summed E-state index contributed by atoms with van der Waals surface area (Å²) in [5.74, 6) is -2.15. The minimum atomic E-state index is -1.08. The van der Waals surface area contributed by atoms with Crippen LogP contribution >= 0.6 is 0 Å². The van der Waals surface area contributed by atoms with Crippen LogP contribution in [0.15, 0.2) is 42.5 Å². The molecular weight excluding hydrogens is 244 g/mol. The van der Waals surface area contributed by atoms with Crippen LogP contribution in [-0.2, 0) is 0 Å². The first-order chi connectivity index (χ1) is 8.99. The van der Waals surface area contributed by atoms with Crippen molar-refractivity contribution in [3.05, 3.63) is 59.2 Å². The summed E-state index contributed by atoms with van der Waals surface area (Å²) in [6, 6.07) is 11.3. The molecule has 4 heteroatoms. The second-order valence-corrected chi connectivity index (χ2v) is 4.24. The molecule has 2 aromatic rings. The molecule has 2 aromatic carbocycles. The number of carboxylic acid groups (broad SMARTS) is 2. The van der Waals surface area contributed by atoms with Crippen LogP contribution in [0.4, 0.5) is 0 Å². The summed E-state index contributed by atoms with van der Waals surface area (Å²) in [7, 11) is 0. The Morgan fingerprint density at radius 2 is 1.53 bits per heavy atom. The third kappa shape index (κ3) is 2.63. The molecule has 0 bridgehead atoms. The molecule has 0 radical (unpaired) electrons. The number of aryl methyl sites for hydroxylation is 1. The minimum absolute atomic E-state index is 0.0700. The predicted molar refractivity (Wildman–Crippen MR) is 70.5 cm³/mol. The summed E-state index contributed by atoms with van der Waals surface area (Å²) in [5, 5.41) is 18.1. The van der Waals surface area contributed by atoms with E-state index < -0.39 is 11.9 Å². The Hall–Kier alpha value is -2.62. The van der Waals surface area contributed by atoms with Crippen molar-refractivity contribution < 1.29 is 19.8 Å². The summed E-state index contributed by atoms with van der Waals surface area (Å²) >= 11 is 0. The fourth-order valence-corrected chi connectivity index (χ4v) is 1.84. The van der Waals surface area contributed by atoms with Crippen LogP contribution in [0.2, 0.25) is 0 Å². The lowest BCUT2D eigenvalue weighted by atomic mass is 9.96. The Labute approximate surface area is 109 Å². The van der Waals surface area contributed by atoms with Gasteiger partial charge in [0.05, 0.1) is 11.1 Å². The van der Waals surface area contributed by atoms with Crippen molar-refractivity contribution >= 4 is 11.9 Å². The molecule has 96 valence electrons.